The normalized spacial score (nSPS) is 28.8. The first-order chi connectivity index (χ1) is 9.49. The number of thioether (sulfide) groups is 1. The molecule has 0 spiro atoms. The number of fused-ring (bicyclic) bond motifs is 1. The molecular formula is C13H15BrN2O2S2. The second-order valence-corrected chi connectivity index (χ2v) is 9.24. The molecule has 3 heterocycles. The van der Waals surface area contributed by atoms with E-state index in [0.29, 0.717) is 18.7 Å². The van der Waals surface area contributed by atoms with E-state index >= 15 is 0 Å². The molecule has 2 aliphatic rings. The van der Waals surface area contributed by atoms with Gasteiger partial charge in [0.25, 0.3) is 0 Å². The molecule has 2 aliphatic heterocycles. The van der Waals surface area contributed by atoms with Crippen molar-refractivity contribution in [1.29, 1.82) is 0 Å². The number of halogens is 1. The molecular weight excluding hydrogens is 360 g/mol. The lowest BCUT2D eigenvalue weighted by Gasteiger charge is -2.29. The molecule has 108 valence electrons. The number of hydrogen-bond donors (Lipinski definition) is 1. The van der Waals surface area contributed by atoms with E-state index in [-0.39, 0.29) is 22.7 Å². The largest absolute Gasteiger partial charge is 0.349 e. The Bertz CT molecular complexity index is 562. The molecule has 2 atom stereocenters. The van der Waals surface area contributed by atoms with Crippen LogP contribution in [0.2, 0.25) is 0 Å². The van der Waals surface area contributed by atoms with Crippen molar-refractivity contribution >= 4 is 50.8 Å². The SMILES string of the molecule is CC12CCC(=O)N1C(C(=O)NCc1ccc(Br)s1)CS2. The number of amides is 2. The quantitative estimate of drug-likeness (QED) is 0.884. The predicted molar refractivity (Wildman–Crippen MR) is 84.6 cm³/mol. The van der Waals surface area contributed by atoms with Gasteiger partial charge in [0.15, 0.2) is 0 Å². The van der Waals surface area contributed by atoms with Crippen molar-refractivity contribution < 1.29 is 9.59 Å². The Morgan fingerprint density at radius 1 is 1.60 bits per heavy atom. The predicted octanol–water partition coefficient (Wildman–Crippen LogP) is 2.58. The van der Waals surface area contributed by atoms with Crippen LogP contribution in [0.4, 0.5) is 0 Å². The number of carbonyl (C=O) groups is 2. The molecule has 0 radical (unpaired) electrons. The fourth-order valence-electron chi connectivity index (χ4n) is 2.75. The summed E-state index contributed by atoms with van der Waals surface area (Å²) in [4.78, 5) is 27.0. The maximum absolute atomic E-state index is 12.3. The Morgan fingerprint density at radius 3 is 3.10 bits per heavy atom. The molecule has 7 heteroatoms. The first-order valence-electron chi connectivity index (χ1n) is 6.48. The summed E-state index contributed by atoms with van der Waals surface area (Å²) in [6, 6.07) is 3.64. The van der Waals surface area contributed by atoms with Crippen molar-refractivity contribution in [3.05, 3.63) is 20.8 Å². The summed E-state index contributed by atoms with van der Waals surface area (Å²) in [5, 5.41) is 2.95. The highest BCUT2D eigenvalue weighted by Gasteiger charge is 2.52. The first-order valence-corrected chi connectivity index (χ1v) is 9.07. The summed E-state index contributed by atoms with van der Waals surface area (Å²) < 4.78 is 1.06. The molecule has 0 aromatic carbocycles. The number of rotatable bonds is 3. The topological polar surface area (TPSA) is 49.4 Å². The zero-order valence-corrected chi connectivity index (χ0v) is 14.2. The maximum atomic E-state index is 12.3. The van der Waals surface area contributed by atoms with E-state index in [2.05, 4.69) is 28.2 Å². The summed E-state index contributed by atoms with van der Waals surface area (Å²) >= 11 is 6.74. The summed E-state index contributed by atoms with van der Waals surface area (Å²) in [5.74, 6) is 0.764. The van der Waals surface area contributed by atoms with Crippen molar-refractivity contribution in [2.24, 2.45) is 0 Å². The molecule has 4 nitrogen and oxygen atoms in total. The molecule has 0 bridgehead atoms. The molecule has 3 rings (SSSR count). The van der Waals surface area contributed by atoms with Gasteiger partial charge in [-0.15, -0.1) is 23.1 Å². The fraction of sp³-hybridized carbons (Fsp3) is 0.538. The smallest absolute Gasteiger partial charge is 0.244 e. The van der Waals surface area contributed by atoms with E-state index in [1.54, 1.807) is 28.0 Å². The summed E-state index contributed by atoms with van der Waals surface area (Å²) in [6.07, 6.45) is 1.41. The Kier molecular flexibility index (Phi) is 3.85. The van der Waals surface area contributed by atoms with Gasteiger partial charge in [-0.25, -0.2) is 0 Å². The zero-order valence-electron chi connectivity index (χ0n) is 11.0. The third kappa shape index (κ3) is 2.51. The van der Waals surface area contributed by atoms with Gasteiger partial charge < -0.3 is 10.2 Å². The van der Waals surface area contributed by atoms with Gasteiger partial charge in [-0.05, 0) is 41.4 Å². The van der Waals surface area contributed by atoms with Gasteiger partial charge in [0.2, 0.25) is 11.8 Å². The van der Waals surface area contributed by atoms with Crippen LogP contribution in [0.5, 0.6) is 0 Å². The van der Waals surface area contributed by atoms with Crippen LogP contribution in [0.3, 0.4) is 0 Å². The second kappa shape index (κ2) is 5.35. The van der Waals surface area contributed by atoms with Crippen LogP contribution < -0.4 is 5.32 Å². The Balaban J connectivity index is 1.64. The minimum Gasteiger partial charge on any atom is -0.349 e. The van der Waals surface area contributed by atoms with Crippen LogP contribution in [0.1, 0.15) is 24.6 Å². The second-order valence-electron chi connectivity index (χ2n) is 5.19. The van der Waals surface area contributed by atoms with Crippen LogP contribution >= 0.6 is 39.0 Å². The van der Waals surface area contributed by atoms with Crippen LogP contribution in [-0.2, 0) is 16.1 Å². The Hall–Kier alpha value is -0.530. The Labute approximate surface area is 134 Å². The molecule has 2 fully saturated rings. The summed E-state index contributed by atoms with van der Waals surface area (Å²) in [7, 11) is 0. The number of thiophene rings is 1. The van der Waals surface area contributed by atoms with E-state index in [4.69, 9.17) is 0 Å². The van der Waals surface area contributed by atoms with Gasteiger partial charge in [0.1, 0.15) is 6.04 Å². The van der Waals surface area contributed by atoms with E-state index in [1.807, 2.05) is 12.1 Å². The lowest BCUT2D eigenvalue weighted by Crippen LogP contribution is -2.49. The van der Waals surface area contributed by atoms with E-state index in [1.165, 1.54) is 0 Å². The number of hydrogen-bond acceptors (Lipinski definition) is 4. The molecule has 2 amide bonds. The molecule has 2 saturated heterocycles. The third-order valence-corrected chi connectivity index (χ3v) is 6.94. The standard InChI is InChI=1S/C13H15BrN2O2S2/c1-13-5-4-11(17)16(13)9(7-19-13)12(18)15-6-8-2-3-10(14)20-8/h2-3,9H,4-7H2,1H3,(H,15,18). The molecule has 0 aliphatic carbocycles. The highest BCUT2D eigenvalue weighted by molar-refractivity contribution is 9.11. The average Bonchev–Trinajstić information content (AvgIpc) is 3.04. The fourth-order valence-corrected chi connectivity index (χ4v) is 5.61. The molecule has 1 aromatic heterocycles. The average molecular weight is 375 g/mol. The molecule has 20 heavy (non-hydrogen) atoms. The molecule has 1 aromatic rings. The van der Waals surface area contributed by atoms with Crippen LogP contribution in [0.25, 0.3) is 0 Å². The number of nitrogens with zero attached hydrogens (tertiary/aromatic N) is 1. The van der Waals surface area contributed by atoms with Gasteiger partial charge in [-0.2, -0.15) is 0 Å². The minimum absolute atomic E-state index is 0.0407. The third-order valence-electron chi connectivity index (χ3n) is 3.81. The number of carbonyl (C=O) groups excluding carboxylic acids is 2. The van der Waals surface area contributed by atoms with Crippen LogP contribution in [-0.4, -0.2) is 33.4 Å². The van der Waals surface area contributed by atoms with Crippen molar-refractivity contribution in [3.8, 4) is 0 Å². The van der Waals surface area contributed by atoms with Gasteiger partial charge in [-0.3, -0.25) is 9.59 Å². The van der Waals surface area contributed by atoms with Gasteiger partial charge in [0, 0.05) is 17.1 Å². The minimum atomic E-state index is -0.316. The lowest BCUT2D eigenvalue weighted by atomic mass is 10.2. The van der Waals surface area contributed by atoms with E-state index in [0.717, 1.165) is 15.1 Å². The monoisotopic (exact) mass is 374 g/mol. The molecule has 1 N–H and O–H groups in total. The van der Waals surface area contributed by atoms with Gasteiger partial charge in [-0.1, -0.05) is 0 Å². The zero-order chi connectivity index (χ0) is 14.3. The summed E-state index contributed by atoms with van der Waals surface area (Å²) in [6.45, 7) is 2.58. The Morgan fingerprint density at radius 2 is 2.40 bits per heavy atom. The summed E-state index contributed by atoms with van der Waals surface area (Å²) in [5.41, 5.74) is 0. The van der Waals surface area contributed by atoms with Crippen molar-refractivity contribution in [2.45, 2.75) is 37.2 Å². The first kappa shape index (κ1) is 14.4. The van der Waals surface area contributed by atoms with E-state index < -0.39 is 0 Å². The molecule has 2 unspecified atom stereocenters. The maximum Gasteiger partial charge on any atom is 0.244 e. The van der Waals surface area contributed by atoms with Crippen LogP contribution in [0.15, 0.2) is 15.9 Å². The van der Waals surface area contributed by atoms with Crippen molar-refractivity contribution in [3.63, 3.8) is 0 Å². The van der Waals surface area contributed by atoms with Crippen molar-refractivity contribution in [1.82, 2.24) is 10.2 Å². The van der Waals surface area contributed by atoms with Crippen molar-refractivity contribution in [2.75, 3.05) is 5.75 Å². The lowest BCUT2D eigenvalue weighted by molar-refractivity contribution is -0.138. The van der Waals surface area contributed by atoms with Crippen LogP contribution in [0, 0.1) is 0 Å². The van der Waals surface area contributed by atoms with E-state index in [9.17, 15) is 9.59 Å². The number of nitrogens with one attached hydrogen (secondary N) is 1. The van der Waals surface area contributed by atoms with Gasteiger partial charge in [0.05, 0.1) is 15.2 Å². The highest BCUT2D eigenvalue weighted by atomic mass is 79.9. The highest BCUT2D eigenvalue weighted by Crippen LogP contribution is 2.47. The van der Waals surface area contributed by atoms with Gasteiger partial charge >= 0.3 is 0 Å². The molecule has 0 saturated carbocycles.